The van der Waals surface area contributed by atoms with Gasteiger partial charge in [-0.2, -0.15) is 0 Å². The molecule has 16 heavy (non-hydrogen) atoms. The lowest BCUT2D eigenvalue weighted by atomic mass is 9.99. The van der Waals surface area contributed by atoms with E-state index in [1.54, 1.807) is 6.92 Å². The summed E-state index contributed by atoms with van der Waals surface area (Å²) in [6.07, 6.45) is -0.655. The van der Waals surface area contributed by atoms with Crippen molar-refractivity contribution in [3.63, 3.8) is 0 Å². The van der Waals surface area contributed by atoms with E-state index < -0.39 is 23.8 Å². The van der Waals surface area contributed by atoms with Crippen LogP contribution in [0.15, 0.2) is 12.1 Å². The maximum atomic E-state index is 13.3. The Hall–Kier alpha value is -0.420. The Bertz CT molecular complexity index is 340. The predicted octanol–water partition coefficient (Wildman–Crippen LogP) is 2.81. The second kappa shape index (κ2) is 6.35. The van der Waals surface area contributed by atoms with Gasteiger partial charge >= 0.3 is 0 Å². The molecule has 0 fully saturated rings. The van der Waals surface area contributed by atoms with Gasteiger partial charge in [-0.05, 0) is 18.6 Å². The fraction of sp³-hybridized carbons (Fsp3) is 0.400. The van der Waals surface area contributed by atoms with Crippen LogP contribution in [0.4, 0.5) is 8.78 Å². The topological polar surface area (TPSA) is 46.2 Å². The normalized spacial score (nSPS) is 14.1. The molecule has 0 aliphatic heterocycles. The zero-order chi connectivity index (χ0) is 11.6. The van der Waals surface area contributed by atoms with Gasteiger partial charge in [-0.3, -0.25) is 0 Å². The van der Waals surface area contributed by atoms with Crippen molar-refractivity contribution in [1.82, 2.24) is 0 Å². The van der Waals surface area contributed by atoms with Crippen LogP contribution in [-0.2, 0) is 0 Å². The largest absolute Gasteiger partial charge is 0.391 e. The molecular weight excluding hydrogens is 259 g/mol. The first kappa shape index (κ1) is 15.6. The Balaban J connectivity index is 0.00000225. The van der Waals surface area contributed by atoms with Crippen LogP contribution in [-0.4, -0.2) is 11.2 Å². The highest BCUT2D eigenvalue weighted by atomic mass is 35.5. The second-order valence-corrected chi connectivity index (χ2v) is 3.72. The predicted molar refractivity (Wildman–Crippen MR) is 61.8 cm³/mol. The van der Waals surface area contributed by atoms with Gasteiger partial charge in [0, 0.05) is 10.6 Å². The van der Waals surface area contributed by atoms with Crippen LogP contribution in [0.2, 0.25) is 5.02 Å². The van der Waals surface area contributed by atoms with E-state index in [-0.39, 0.29) is 23.0 Å². The van der Waals surface area contributed by atoms with E-state index in [2.05, 4.69) is 0 Å². The van der Waals surface area contributed by atoms with Crippen LogP contribution in [0.5, 0.6) is 0 Å². The molecule has 0 spiro atoms. The molecule has 0 aliphatic rings. The van der Waals surface area contributed by atoms with E-state index in [0.29, 0.717) is 6.42 Å². The summed E-state index contributed by atoms with van der Waals surface area (Å²) in [7, 11) is 0. The van der Waals surface area contributed by atoms with Gasteiger partial charge in [0.1, 0.15) is 11.6 Å². The standard InChI is InChI=1S/C10H12ClF2NO.ClH/c1-2-8(15)10(14)9-6(12)3-5(11)4-7(9)13;/h3-4,8,10,15H,2,14H2,1H3;1H/t8-,10-;/m1./s1. The summed E-state index contributed by atoms with van der Waals surface area (Å²) in [4.78, 5) is 0. The molecule has 0 aromatic heterocycles. The quantitative estimate of drug-likeness (QED) is 0.888. The lowest BCUT2D eigenvalue weighted by Crippen LogP contribution is -2.27. The Kier molecular flexibility index (Phi) is 6.18. The highest BCUT2D eigenvalue weighted by Crippen LogP contribution is 2.25. The highest BCUT2D eigenvalue weighted by Gasteiger charge is 2.22. The highest BCUT2D eigenvalue weighted by molar-refractivity contribution is 6.30. The van der Waals surface area contributed by atoms with Crippen molar-refractivity contribution in [3.8, 4) is 0 Å². The van der Waals surface area contributed by atoms with Gasteiger partial charge in [0.05, 0.1) is 12.1 Å². The number of aliphatic hydroxyl groups is 1. The summed E-state index contributed by atoms with van der Waals surface area (Å²) >= 11 is 5.46. The maximum absolute atomic E-state index is 13.3. The minimum atomic E-state index is -1.08. The van der Waals surface area contributed by atoms with Gasteiger partial charge in [-0.1, -0.05) is 18.5 Å². The van der Waals surface area contributed by atoms with Crippen molar-refractivity contribution < 1.29 is 13.9 Å². The van der Waals surface area contributed by atoms with Crippen molar-refractivity contribution >= 4 is 24.0 Å². The Morgan fingerprint density at radius 2 is 1.81 bits per heavy atom. The van der Waals surface area contributed by atoms with Crippen LogP contribution in [0.25, 0.3) is 0 Å². The molecule has 0 bridgehead atoms. The fourth-order valence-electron chi connectivity index (χ4n) is 1.32. The summed E-state index contributed by atoms with van der Waals surface area (Å²) in [6.45, 7) is 1.68. The second-order valence-electron chi connectivity index (χ2n) is 3.28. The number of hydrogen-bond donors (Lipinski definition) is 2. The summed E-state index contributed by atoms with van der Waals surface area (Å²) in [6, 6.07) is 0.872. The number of nitrogens with two attached hydrogens (primary N) is 1. The lowest BCUT2D eigenvalue weighted by Gasteiger charge is -2.18. The smallest absolute Gasteiger partial charge is 0.132 e. The van der Waals surface area contributed by atoms with Gasteiger partial charge in [0.15, 0.2) is 0 Å². The molecule has 1 rings (SSSR count). The van der Waals surface area contributed by atoms with Crippen LogP contribution in [0.3, 0.4) is 0 Å². The van der Waals surface area contributed by atoms with E-state index >= 15 is 0 Å². The average molecular weight is 272 g/mol. The number of hydrogen-bond acceptors (Lipinski definition) is 2. The Morgan fingerprint density at radius 3 is 2.19 bits per heavy atom. The third kappa shape index (κ3) is 3.28. The van der Waals surface area contributed by atoms with Crippen LogP contribution < -0.4 is 5.73 Å². The minimum Gasteiger partial charge on any atom is -0.391 e. The third-order valence-electron chi connectivity index (χ3n) is 2.21. The first-order valence-corrected chi connectivity index (χ1v) is 4.93. The summed E-state index contributed by atoms with van der Waals surface area (Å²) in [5.74, 6) is -1.67. The molecule has 0 amide bonds. The molecule has 6 heteroatoms. The molecule has 0 saturated carbocycles. The van der Waals surface area contributed by atoms with Gasteiger partial charge in [-0.25, -0.2) is 8.78 Å². The molecule has 0 heterocycles. The number of rotatable bonds is 3. The SMILES string of the molecule is CC[C@@H](O)[C@@H](N)c1c(F)cc(Cl)cc1F.Cl. The molecule has 92 valence electrons. The van der Waals surface area contributed by atoms with Crippen molar-refractivity contribution in [1.29, 1.82) is 0 Å². The summed E-state index contributed by atoms with van der Waals surface area (Å²) < 4.78 is 26.7. The Labute approximate surface area is 104 Å². The maximum Gasteiger partial charge on any atom is 0.132 e. The van der Waals surface area contributed by atoms with E-state index in [4.69, 9.17) is 17.3 Å². The van der Waals surface area contributed by atoms with E-state index in [1.807, 2.05) is 0 Å². The minimum absolute atomic E-state index is 0. The summed E-state index contributed by atoms with van der Waals surface area (Å²) in [5, 5.41) is 9.37. The molecule has 0 saturated heterocycles. The third-order valence-corrected chi connectivity index (χ3v) is 2.43. The first-order chi connectivity index (χ1) is 6.97. The lowest BCUT2D eigenvalue weighted by molar-refractivity contribution is 0.137. The molecule has 0 aliphatic carbocycles. The first-order valence-electron chi connectivity index (χ1n) is 4.55. The van der Waals surface area contributed by atoms with E-state index in [9.17, 15) is 13.9 Å². The van der Waals surface area contributed by atoms with Crippen LogP contribution in [0.1, 0.15) is 24.9 Å². The van der Waals surface area contributed by atoms with E-state index in [0.717, 1.165) is 12.1 Å². The summed E-state index contributed by atoms with van der Waals surface area (Å²) in [5.41, 5.74) is 5.20. The number of aliphatic hydroxyl groups excluding tert-OH is 1. The molecule has 1 aromatic rings. The number of benzene rings is 1. The molecule has 2 nitrogen and oxygen atoms in total. The van der Waals surface area contributed by atoms with Gasteiger partial charge in [-0.15, -0.1) is 12.4 Å². The molecule has 2 atom stereocenters. The number of halogens is 4. The van der Waals surface area contributed by atoms with Crippen molar-refractivity contribution in [3.05, 3.63) is 34.4 Å². The molecule has 3 N–H and O–H groups in total. The van der Waals surface area contributed by atoms with Crippen molar-refractivity contribution in [2.24, 2.45) is 5.73 Å². The molecule has 0 radical (unpaired) electrons. The Morgan fingerprint density at radius 1 is 1.38 bits per heavy atom. The van der Waals surface area contributed by atoms with E-state index in [1.165, 1.54) is 0 Å². The van der Waals surface area contributed by atoms with Gasteiger partial charge in [0.2, 0.25) is 0 Å². The monoisotopic (exact) mass is 271 g/mol. The van der Waals surface area contributed by atoms with Crippen molar-refractivity contribution in [2.45, 2.75) is 25.5 Å². The van der Waals surface area contributed by atoms with Gasteiger partial charge < -0.3 is 10.8 Å². The average Bonchev–Trinajstić information content (AvgIpc) is 2.14. The van der Waals surface area contributed by atoms with Gasteiger partial charge in [0.25, 0.3) is 0 Å². The molecular formula is C10H13Cl2F2NO. The molecule has 1 aromatic carbocycles. The fourth-order valence-corrected chi connectivity index (χ4v) is 1.51. The zero-order valence-electron chi connectivity index (χ0n) is 8.58. The molecule has 0 unspecified atom stereocenters. The van der Waals surface area contributed by atoms with Crippen molar-refractivity contribution in [2.75, 3.05) is 0 Å². The van der Waals surface area contributed by atoms with Crippen LogP contribution in [0, 0.1) is 11.6 Å². The zero-order valence-corrected chi connectivity index (χ0v) is 10.2. The van der Waals surface area contributed by atoms with Crippen LogP contribution >= 0.6 is 24.0 Å².